The molecule has 2 N–H and O–H groups in total. The van der Waals surface area contributed by atoms with Gasteiger partial charge in [-0.1, -0.05) is 50.4 Å². The number of carbonyl (C=O) groups excluding carboxylic acids is 1. The van der Waals surface area contributed by atoms with E-state index in [1.54, 1.807) is 0 Å². The molecule has 0 spiro atoms. The van der Waals surface area contributed by atoms with Crippen molar-refractivity contribution in [3.05, 3.63) is 28.8 Å². The lowest BCUT2D eigenvalue weighted by Gasteiger charge is -2.30. The Kier molecular flexibility index (Phi) is 5.95. The Morgan fingerprint density at radius 1 is 1.44 bits per heavy atom. The Bertz CT molecular complexity index is 428. The molecule has 6 heteroatoms. The highest BCUT2D eigenvalue weighted by atomic mass is 79.9. The van der Waals surface area contributed by atoms with Crippen LogP contribution in [0, 0.1) is 0 Å². The maximum absolute atomic E-state index is 12.1. The summed E-state index contributed by atoms with van der Waals surface area (Å²) in [6.07, 6.45) is 0.760. The van der Waals surface area contributed by atoms with Crippen molar-refractivity contribution in [2.75, 3.05) is 10.7 Å². The van der Waals surface area contributed by atoms with Gasteiger partial charge in [0.25, 0.3) is 5.91 Å². The van der Waals surface area contributed by atoms with Crippen molar-refractivity contribution >= 4 is 49.4 Å². The highest BCUT2D eigenvalue weighted by Gasteiger charge is 2.28. The Balaban J connectivity index is 2.97. The van der Waals surface area contributed by atoms with Crippen LogP contribution < -0.4 is 5.32 Å². The first-order valence-corrected chi connectivity index (χ1v) is 8.03. The highest BCUT2D eigenvalue weighted by Crippen LogP contribution is 2.23. The first kappa shape index (κ1) is 15.8. The minimum atomic E-state index is -0.383. The topological polar surface area (TPSA) is 49.3 Å². The maximum Gasteiger partial charge on any atom is 0.255 e. The van der Waals surface area contributed by atoms with Crippen LogP contribution in [0.15, 0.2) is 18.2 Å². The van der Waals surface area contributed by atoms with E-state index in [1.165, 1.54) is 18.2 Å². The molecule has 0 atom stereocenters. The third-order valence-electron chi connectivity index (χ3n) is 2.77. The maximum atomic E-state index is 12.1. The Labute approximate surface area is 128 Å². The van der Waals surface area contributed by atoms with Crippen molar-refractivity contribution in [1.29, 1.82) is 0 Å². The monoisotopic (exact) mass is 397 g/mol. The molecule has 0 fully saturated rings. The van der Waals surface area contributed by atoms with Gasteiger partial charge in [0.1, 0.15) is 5.75 Å². The van der Waals surface area contributed by atoms with Crippen molar-refractivity contribution in [2.45, 2.75) is 18.9 Å². The molecule has 0 saturated heterocycles. The Morgan fingerprint density at radius 3 is 2.56 bits per heavy atom. The van der Waals surface area contributed by atoms with Gasteiger partial charge in [0, 0.05) is 15.7 Å². The number of aromatic hydroxyl groups is 1. The summed E-state index contributed by atoms with van der Waals surface area (Å²) in [6, 6.07) is 4.40. The zero-order valence-corrected chi connectivity index (χ0v) is 13.8. The molecule has 0 saturated carbocycles. The van der Waals surface area contributed by atoms with Gasteiger partial charge < -0.3 is 10.4 Å². The van der Waals surface area contributed by atoms with Crippen LogP contribution in [0.25, 0.3) is 0 Å². The summed E-state index contributed by atoms with van der Waals surface area (Å²) in [5.74, 6) is -0.415. The molecule has 0 radical (unpaired) electrons. The van der Waals surface area contributed by atoms with Crippen molar-refractivity contribution < 1.29 is 9.90 Å². The summed E-state index contributed by atoms with van der Waals surface area (Å²) in [7, 11) is 0. The second-order valence-corrected chi connectivity index (χ2v) is 5.57. The number of phenols is 1. The van der Waals surface area contributed by atoms with E-state index in [0.29, 0.717) is 15.7 Å². The molecule has 0 aliphatic carbocycles. The van der Waals surface area contributed by atoms with Gasteiger partial charge in [0.2, 0.25) is 0 Å². The number of alkyl halides is 2. The number of benzene rings is 1. The molecule has 0 heterocycles. The second-order valence-electron chi connectivity index (χ2n) is 4.02. The van der Waals surface area contributed by atoms with Crippen LogP contribution in [0.5, 0.6) is 5.75 Å². The molecular formula is C12H14Br2ClNO2. The number of hydrogen-bond acceptors (Lipinski definition) is 2. The SMILES string of the molecule is CCC(CBr)(CBr)NC(=O)c1cc(Cl)ccc1O. The minimum Gasteiger partial charge on any atom is -0.507 e. The smallest absolute Gasteiger partial charge is 0.255 e. The summed E-state index contributed by atoms with van der Waals surface area (Å²) < 4.78 is 0. The molecule has 0 aliphatic rings. The van der Waals surface area contributed by atoms with Crippen molar-refractivity contribution in [3.8, 4) is 5.75 Å². The number of rotatable bonds is 5. The molecule has 1 amide bonds. The Hall–Kier alpha value is -0.260. The van der Waals surface area contributed by atoms with E-state index in [-0.39, 0.29) is 22.8 Å². The van der Waals surface area contributed by atoms with Crippen LogP contribution in [0.1, 0.15) is 23.7 Å². The van der Waals surface area contributed by atoms with E-state index >= 15 is 0 Å². The fraction of sp³-hybridized carbons (Fsp3) is 0.417. The predicted octanol–water partition coefficient (Wildman–Crippen LogP) is 3.71. The first-order valence-electron chi connectivity index (χ1n) is 5.41. The van der Waals surface area contributed by atoms with E-state index in [0.717, 1.165) is 6.42 Å². The summed E-state index contributed by atoms with van der Waals surface area (Å²) in [5.41, 5.74) is -0.200. The van der Waals surface area contributed by atoms with Gasteiger partial charge >= 0.3 is 0 Å². The standard InChI is InChI=1S/C12H14Br2ClNO2/c1-2-12(6-13,7-14)16-11(18)9-5-8(15)3-4-10(9)17/h3-5,17H,2,6-7H2,1H3,(H,16,18). The van der Waals surface area contributed by atoms with E-state index in [4.69, 9.17) is 11.6 Å². The quantitative estimate of drug-likeness (QED) is 0.742. The zero-order valence-electron chi connectivity index (χ0n) is 9.84. The molecule has 0 aromatic heterocycles. The van der Waals surface area contributed by atoms with Gasteiger partial charge in [0.05, 0.1) is 11.1 Å². The molecule has 3 nitrogen and oxygen atoms in total. The summed E-state index contributed by atoms with van der Waals surface area (Å²) in [5, 5.41) is 14.2. The molecule has 100 valence electrons. The van der Waals surface area contributed by atoms with Crippen LogP contribution in [0.2, 0.25) is 5.02 Å². The van der Waals surface area contributed by atoms with Crippen LogP contribution in [0.3, 0.4) is 0 Å². The average Bonchev–Trinajstić information content (AvgIpc) is 2.38. The fourth-order valence-corrected chi connectivity index (χ4v) is 3.55. The first-order chi connectivity index (χ1) is 8.48. The number of amides is 1. The Morgan fingerprint density at radius 2 is 2.06 bits per heavy atom. The number of halogens is 3. The van der Waals surface area contributed by atoms with Crippen molar-refractivity contribution in [3.63, 3.8) is 0 Å². The van der Waals surface area contributed by atoms with Gasteiger partial charge in [-0.25, -0.2) is 0 Å². The molecule has 0 unspecified atom stereocenters. The number of carbonyl (C=O) groups is 1. The van der Waals surface area contributed by atoms with Crippen LogP contribution in [-0.4, -0.2) is 27.2 Å². The van der Waals surface area contributed by atoms with E-state index in [1.807, 2.05) is 6.92 Å². The summed E-state index contributed by atoms with van der Waals surface area (Å²) in [4.78, 5) is 12.1. The van der Waals surface area contributed by atoms with E-state index in [9.17, 15) is 9.90 Å². The molecule has 0 bridgehead atoms. The molecule has 1 aromatic rings. The van der Waals surface area contributed by atoms with Gasteiger partial charge in [-0.3, -0.25) is 4.79 Å². The van der Waals surface area contributed by atoms with E-state index in [2.05, 4.69) is 37.2 Å². The summed E-state index contributed by atoms with van der Waals surface area (Å²) >= 11 is 12.6. The molecule has 0 aliphatic heterocycles. The van der Waals surface area contributed by atoms with Gasteiger partial charge in [-0.15, -0.1) is 0 Å². The number of hydrogen-bond donors (Lipinski definition) is 2. The number of nitrogens with one attached hydrogen (secondary N) is 1. The van der Waals surface area contributed by atoms with Crippen molar-refractivity contribution in [1.82, 2.24) is 5.32 Å². The normalized spacial score (nSPS) is 11.3. The fourth-order valence-electron chi connectivity index (χ4n) is 1.38. The molecule has 18 heavy (non-hydrogen) atoms. The van der Waals surface area contributed by atoms with Crippen LogP contribution in [-0.2, 0) is 0 Å². The third-order valence-corrected chi connectivity index (χ3v) is 5.15. The lowest BCUT2D eigenvalue weighted by atomic mass is 10.0. The lowest BCUT2D eigenvalue weighted by molar-refractivity contribution is 0.0912. The van der Waals surface area contributed by atoms with Crippen LogP contribution in [0.4, 0.5) is 0 Å². The van der Waals surface area contributed by atoms with Crippen LogP contribution >= 0.6 is 43.5 Å². The third kappa shape index (κ3) is 3.62. The average molecular weight is 400 g/mol. The zero-order chi connectivity index (χ0) is 13.8. The second kappa shape index (κ2) is 6.78. The molecule has 1 rings (SSSR count). The van der Waals surface area contributed by atoms with Gasteiger partial charge in [0.15, 0.2) is 0 Å². The largest absolute Gasteiger partial charge is 0.507 e. The number of phenolic OH excluding ortho intramolecular Hbond substituents is 1. The van der Waals surface area contributed by atoms with Gasteiger partial charge in [-0.05, 0) is 24.6 Å². The summed E-state index contributed by atoms with van der Waals surface area (Å²) in [6.45, 7) is 1.99. The highest BCUT2D eigenvalue weighted by molar-refractivity contribution is 9.09. The minimum absolute atomic E-state index is 0.0777. The lowest BCUT2D eigenvalue weighted by Crippen LogP contribution is -2.51. The van der Waals surface area contributed by atoms with Crippen molar-refractivity contribution in [2.24, 2.45) is 0 Å². The molecule has 1 aromatic carbocycles. The predicted molar refractivity (Wildman–Crippen MR) is 81.2 cm³/mol. The van der Waals surface area contributed by atoms with Gasteiger partial charge in [-0.2, -0.15) is 0 Å². The van der Waals surface area contributed by atoms with E-state index < -0.39 is 0 Å². The molecular weight excluding hydrogens is 385 g/mol.